The van der Waals surface area contributed by atoms with Crippen molar-refractivity contribution in [2.75, 3.05) is 13.2 Å². The molecule has 0 amide bonds. The van der Waals surface area contributed by atoms with Crippen molar-refractivity contribution in [3.8, 4) is 0 Å². The second-order valence-electron chi connectivity index (χ2n) is 3.60. The molecule has 0 aliphatic heterocycles. The predicted octanol–water partition coefficient (Wildman–Crippen LogP) is 3.47. The van der Waals surface area contributed by atoms with Gasteiger partial charge in [-0.25, -0.2) is 0 Å². The minimum atomic E-state index is -1.61. The SMILES string of the molecule is C=CCOP(OCC=C)O[Si](C)(C)C. The molecule has 5 heteroatoms. The van der Waals surface area contributed by atoms with Crippen molar-refractivity contribution in [3.63, 3.8) is 0 Å². The van der Waals surface area contributed by atoms with E-state index in [9.17, 15) is 0 Å². The zero-order chi connectivity index (χ0) is 11.0. The van der Waals surface area contributed by atoms with E-state index in [0.717, 1.165) is 0 Å². The van der Waals surface area contributed by atoms with Crippen LogP contribution in [0.2, 0.25) is 19.6 Å². The summed E-state index contributed by atoms with van der Waals surface area (Å²) in [5.74, 6) is 0. The maximum atomic E-state index is 5.71. The number of hydrogen-bond donors (Lipinski definition) is 0. The van der Waals surface area contributed by atoms with Gasteiger partial charge in [-0.15, -0.1) is 13.2 Å². The first-order valence-electron chi connectivity index (χ1n) is 4.46. The Morgan fingerprint density at radius 3 is 1.79 bits per heavy atom. The van der Waals surface area contributed by atoms with Crippen LogP contribution < -0.4 is 0 Å². The Balaban J connectivity index is 3.95. The molecule has 3 nitrogen and oxygen atoms in total. The summed E-state index contributed by atoms with van der Waals surface area (Å²) in [5.41, 5.74) is 0. The molecule has 0 N–H and O–H groups in total. The molecule has 0 aliphatic rings. The van der Waals surface area contributed by atoms with Gasteiger partial charge in [0.25, 0.3) is 0 Å². The van der Waals surface area contributed by atoms with Crippen molar-refractivity contribution >= 4 is 16.9 Å². The monoisotopic (exact) mass is 234 g/mol. The highest BCUT2D eigenvalue weighted by molar-refractivity contribution is 7.43. The van der Waals surface area contributed by atoms with Crippen LogP contribution in [0, 0.1) is 0 Å². The molecular formula is C9H19O3PSi. The molecule has 0 atom stereocenters. The second-order valence-corrected chi connectivity index (χ2v) is 9.51. The standard InChI is InChI=1S/C9H19O3PSi/c1-6-8-10-13(11-9-7-2)12-14(3,4)5/h6-7H,1-2,8-9H2,3-5H3. The van der Waals surface area contributed by atoms with E-state index in [1.54, 1.807) is 12.2 Å². The van der Waals surface area contributed by atoms with E-state index >= 15 is 0 Å². The van der Waals surface area contributed by atoms with Gasteiger partial charge in [-0.2, -0.15) is 0 Å². The lowest BCUT2D eigenvalue weighted by Crippen LogP contribution is -2.23. The van der Waals surface area contributed by atoms with Crippen molar-refractivity contribution in [2.24, 2.45) is 0 Å². The van der Waals surface area contributed by atoms with Gasteiger partial charge in [-0.05, 0) is 19.6 Å². The van der Waals surface area contributed by atoms with Crippen LogP contribution in [-0.2, 0) is 13.3 Å². The molecule has 0 unspecified atom stereocenters. The van der Waals surface area contributed by atoms with Crippen LogP contribution in [0.4, 0.5) is 0 Å². The fourth-order valence-electron chi connectivity index (χ4n) is 0.541. The summed E-state index contributed by atoms with van der Waals surface area (Å²) in [6, 6.07) is 0. The van der Waals surface area contributed by atoms with Gasteiger partial charge in [0.15, 0.2) is 8.32 Å². The molecule has 0 fully saturated rings. The third-order valence-electron chi connectivity index (χ3n) is 0.944. The van der Waals surface area contributed by atoms with E-state index in [1.807, 2.05) is 0 Å². The van der Waals surface area contributed by atoms with Crippen LogP contribution >= 0.6 is 8.60 Å². The van der Waals surface area contributed by atoms with E-state index in [4.69, 9.17) is 13.3 Å². The number of hydrogen-bond acceptors (Lipinski definition) is 3. The van der Waals surface area contributed by atoms with Crippen LogP contribution in [0.25, 0.3) is 0 Å². The Hall–Kier alpha value is 0.00688. The molecule has 0 aliphatic carbocycles. The summed E-state index contributed by atoms with van der Waals surface area (Å²) in [6.45, 7) is 14.3. The smallest absolute Gasteiger partial charge is 0.322 e. The van der Waals surface area contributed by atoms with Crippen molar-refractivity contribution in [3.05, 3.63) is 25.3 Å². The summed E-state index contributed by atoms with van der Waals surface area (Å²) < 4.78 is 16.4. The third-order valence-corrected chi connectivity index (χ3v) is 4.45. The van der Waals surface area contributed by atoms with E-state index < -0.39 is 16.9 Å². The van der Waals surface area contributed by atoms with Crippen molar-refractivity contribution in [2.45, 2.75) is 19.6 Å². The van der Waals surface area contributed by atoms with Gasteiger partial charge in [0, 0.05) is 0 Å². The molecule has 0 rings (SSSR count). The minimum Gasteiger partial charge on any atom is -0.354 e. The molecule has 82 valence electrons. The average molecular weight is 234 g/mol. The van der Waals surface area contributed by atoms with Gasteiger partial charge in [0.1, 0.15) is 0 Å². The molecule has 0 saturated carbocycles. The molecule has 0 radical (unpaired) electrons. The Labute approximate surface area is 88.9 Å². The zero-order valence-electron chi connectivity index (χ0n) is 9.16. The highest BCUT2D eigenvalue weighted by Crippen LogP contribution is 2.42. The van der Waals surface area contributed by atoms with Crippen LogP contribution in [0.1, 0.15) is 0 Å². The van der Waals surface area contributed by atoms with Gasteiger partial charge in [0.2, 0.25) is 0 Å². The summed E-state index contributed by atoms with van der Waals surface area (Å²) in [4.78, 5) is 0. The molecule has 0 aromatic heterocycles. The van der Waals surface area contributed by atoms with E-state index in [0.29, 0.717) is 13.2 Å². The third kappa shape index (κ3) is 8.60. The van der Waals surface area contributed by atoms with Gasteiger partial charge >= 0.3 is 8.60 Å². The summed E-state index contributed by atoms with van der Waals surface area (Å²) in [6.07, 6.45) is 3.36. The Kier molecular flexibility index (Phi) is 7.32. The predicted molar refractivity (Wildman–Crippen MR) is 63.6 cm³/mol. The molecule has 0 saturated heterocycles. The van der Waals surface area contributed by atoms with Gasteiger partial charge in [-0.3, -0.25) is 0 Å². The largest absolute Gasteiger partial charge is 0.354 e. The normalized spacial score (nSPS) is 11.7. The van der Waals surface area contributed by atoms with E-state index in [1.165, 1.54) is 0 Å². The van der Waals surface area contributed by atoms with Crippen molar-refractivity contribution in [1.82, 2.24) is 0 Å². The van der Waals surface area contributed by atoms with Crippen LogP contribution in [0.5, 0.6) is 0 Å². The molecule has 0 bridgehead atoms. The quantitative estimate of drug-likeness (QED) is 0.365. The van der Waals surface area contributed by atoms with Crippen molar-refractivity contribution in [1.29, 1.82) is 0 Å². The first kappa shape index (κ1) is 14.0. The lowest BCUT2D eigenvalue weighted by molar-refractivity contribution is 0.236. The lowest BCUT2D eigenvalue weighted by Gasteiger charge is -2.23. The van der Waals surface area contributed by atoms with Crippen molar-refractivity contribution < 1.29 is 13.3 Å². The summed E-state index contributed by atoms with van der Waals surface area (Å²) in [5, 5.41) is 0. The van der Waals surface area contributed by atoms with Gasteiger partial charge < -0.3 is 13.3 Å². The molecule has 0 aromatic rings. The molecule has 0 aromatic carbocycles. The Morgan fingerprint density at radius 1 is 1.07 bits per heavy atom. The van der Waals surface area contributed by atoms with E-state index in [2.05, 4.69) is 32.8 Å². The molecule has 0 heterocycles. The van der Waals surface area contributed by atoms with Crippen LogP contribution in [0.15, 0.2) is 25.3 Å². The summed E-state index contributed by atoms with van der Waals surface area (Å²) >= 11 is 0. The van der Waals surface area contributed by atoms with Crippen LogP contribution in [0.3, 0.4) is 0 Å². The fourth-order valence-corrected chi connectivity index (χ4v) is 3.28. The second kappa shape index (κ2) is 7.32. The topological polar surface area (TPSA) is 27.7 Å². The Bertz CT molecular complexity index is 167. The molecular weight excluding hydrogens is 215 g/mol. The van der Waals surface area contributed by atoms with Gasteiger partial charge in [0.05, 0.1) is 13.2 Å². The maximum Gasteiger partial charge on any atom is 0.322 e. The zero-order valence-corrected chi connectivity index (χ0v) is 11.0. The van der Waals surface area contributed by atoms with Gasteiger partial charge in [-0.1, -0.05) is 12.2 Å². The number of rotatable bonds is 8. The summed E-state index contributed by atoms with van der Waals surface area (Å²) in [7, 11) is -2.85. The lowest BCUT2D eigenvalue weighted by atomic mass is 10.7. The van der Waals surface area contributed by atoms with E-state index in [-0.39, 0.29) is 0 Å². The first-order chi connectivity index (χ1) is 6.49. The van der Waals surface area contributed by atoms with Crippen LogP contribution in [-0.4, -0.2) is 21.5 Å². The highest BCUT2D eigenvalue weighted by atomic mass is 31.2. The molecule has 14 heavy (non-hydrogen) atoms. The fraction of sp³-hybridized carbons (Fsp3) is 0.556. The highest BCUT2D eigenvalue weighted by Gasteiger charge is 2.23. The first-order valence-corrected chi connectivity index (χ1v) is 8.97. The maximum absolute atomic E-state index is 5.71. The molecule has 0 spiro atoms. The Morgan fingerprint density at radius 2 is 1.50 bits per heavy atom. The minimum absolute atomic E-state index is 0.452. The average Bonchev–Trinajstić information content (AvgIpc) is 2.07.